The smallest absolute Gasteiger partial charge is 0.225 e. The molecule has 1 amide bonds. The fraction of sp³-hybridized carbons (Fsp3) is 0.450. The van der Waals surface area contributed by atoms with Gasteiger partial charge < -0.3 is 10.2 Å². The Labute approximate surface area is 174 Å². The van der Waals surface area contributed by atoms with E-state index in [9.17, 15) is 4.79 Å². The zero-order valence-corrected chi connectivity index (χ0v) is 17.3. The molecule has 4 rings (SSSR count). The van der Waals surface area contributed by atoms with Crippen molar-refractivity contribution in [2.24, 2.45) is 5.92 Å². The zero-order chi connectivity index (χ0) is 20.1. The number of amides is 1. The number of nitrogens with zero attached hydrogens (tertiary/aromatic N) is 6. The molecule has 1 N–H and O–H groups in total. The highest BCUT2D eigenvalue weighted by Gasteiger charge is 2.29. The Morgan fingerprint density at radius 3 is 2.97 bits per heavy atom. The Bertz CT molecular complexity index is 948. The molecule has 2 atom stereocenters. The molecule has 9 heteroatoms. The molecular formula is C20H25N7OS. The molecule has 4 heterocycles. The summed E-state index contributed by atoms with van der Waals surface area (Å²) in [7, 11) is 0. The maximum atomic E-state index is 13.1. The zero-order valence-electron chi connectivity index (χ0n) is 16.4. The molecule has 3 aromatic rings. The van der Waals surface area contributed by atoms with Gasteiger partial charge in [0, 0.05) is 31.7 Å². The van der Waals surface area contributed by atoms with Crippen molar-refractivity contribution >= 4 is 29.3 Å². The number of nitrogens with one attached hydrogen (secondary N) is 1. The highest BCUT2D eigenvalue weighted by molar-refractivity contribution is 7.98. The summed E-state index contributed by atoms with van der Waals surface area (Å²) in [6.07, 6.45) is 10.1. The molecule has 1 saturated heterocycles. The van der Waals surface area contributed by atoms with E-state index < -0.39 is 0 Å². The van der Waals surface area contributed by atoms with Crippen LogP contribution in [0.25, 0.3) is 5.65 Å². The Kier molecular flexibility index (Phi) is 6.24. The number of rotatable bonds is 7. The number of anilines is 1. The second kappa shape index (κ2) is 9.21. The molecule has 0 bridgehead atoms. The van der Waals surface area contributed by atoms with Crippen LogP contribution in [0.4, 0.5) is 5.95 Å². The first kappa shape index (κ1) is 19.6. The van der Waals surface area contributed by atoms with Gasteiger partial charge in [0.15, 0.2) is 11.5 Å². The molecule has 0 radical (unpaired) electrons. The maximum Gasteiger partial charge on any atom is 0.225 e. The molecule has 0 unspecified atom stereocenters. The van der Waals surface area contributed by atoms with Crippen molar-refractivity contribution < 1.29 is 4.79 Å². The predicted molar refractivity (Wildman–Crippen MR) is 114 cm³/mol. The van der Waals surface area contributed by atoms with Gasteiger partial charge in [-0.3, -0.25) is 9.20 Å². The molecule has 1 fully saturated rings. The van der Waals surface area contributed by atoms with Gasteiger partial charge in [0.1, 0.15) is 0 Å². The monoisotopic (exact) mass is 411 g/mol. The van der Waals surface area contributed by atoms with Crippen molar-refractivity contribution in [2.75, 3.05) is 30.0 Å². The van der Waals surface area contributed by atoms with Gasteiger partial charge in [-0.2, -0.15) is 11.8 Å². The van der Waals surface area contributed by atoms with E-state index in [4.69, 9.17) is 0 Å². The largest absolute Gasteiger partial charge is 0.346 e. The van der Waals surface area contributed by atoms with Gasteiger partial charge in [-0.1, -0.05) is 6.07 Å². The standard InChI is InChI=1S/C20H25N7OS/c1-29-13-8-16(18-25-24-17-7-2-3-12-27(17)18)23-19(28)15-6-4-11-26(14-15)20-21-9-5-10-22-20/h2-3,5,7,9-10,12,15-16H,4,6,8,11,13-14H2,1H3,(H,23,28)/t15-,16+/m1/s1. The van der Waals surface area contributed by atoms with Gasteiger partial charge in [0.25, 0.3) is 0 Å². The van der Waals surface area contributed by atoms with Crippen LogP contribution in [0.5, 0.6) is 0 Å². The minimum Gasteiger partial charge on any atom is -0.346 e. The van der Waals surface area contributed by atoms with Crippen LogP contribution in [0.15, 0.2) is 42.9 Å². The molecule has 3 aromatic heterocycles. The van der Waals surface area contributed by atoms with Crippen molar-refractivity contribution in [1.29, 1.82) is 0 Å². The van der Waals surface area contributed by atoms with Crippen molar-refractivity contribution in [1.82, 2.24) is 29.9 Å². The molecule has 0 aromatic carbocycles. The Morgan fingerprint density at radius 1 is 1.28 bits per heavy atom. The van der Waals surface area contributed by atoms with E-state index in [1.165, 1.54) is 0 Å². The van der Waals surface area contributed by atoms with Crippen LogP contribution in [-0.2, 0) is 4.79 Å². The lowest BCUT2D eigenvalue weighted by molar-refractivity contribution is -0.126. The highest BCUT2D eigenvalue weighted by atomic mass is 32.2. The van der Waals surface area contributed by atoms with Gasteiger partial charge in [0.05, 0.1) is 12.0 Å². The number of carbonyl (C=O) groups excluding carboxylic acids is 1. The fourth-order valence-electron chi connectivity index (χ4n) is 3.72. The average Bonchev–Trinajstić information content (AvgIpc) is 3.21. The summed E-state index contributed by atoms with van der Waals surface area (Å²) < 4.78 is 1.95. The number of fused-ring (bicyclic) bond motifs is 1. The summed E-state index contributed by atoms with van der Waals surface area (Å²) in [6, 6.07) is 7.44. The first-order valence-electron chi connectivity index (χ1n) is 9.87. The third-order valence-corrected chi connectivity index (χ3v) is 5.85. The molecular weight excluding hydrogens is 386 g/mol. The van der Waals surface area contributed by atoms with Crippen molar-refractivity contribution in [3.05, 3.63) is 48.7 Å². The van der Waals surface area contributed by atoms with E-state index in [-0.39, 0.29) is 17.9 Å². The Hall–Kier alpha value is -2.68. The first-order chi connectivity index (χ1) is 14.3. The van der Waals surface area contributed by atoms with Crippen LogP contribution in [0.3, 0.4) is 0 Å². The van der Waals surface area contributed by atoms with E-state index in [0.29, 0.717) is 12.5 Å². The van der Waals surface area contributed by atoms with E-state index in [1.807, 2.05) is 28.8 Å². The van der Waals surface area contributed by atoms with Crippen LogP contribution in [0.1, 0.15) is 31.1 Å². The third kappa shape index (κ3) is 4.50. The summed E-state index contributed by atoms with van der Waals surface area (Å²) in [5, 5.41) is 11.9. The van der Waals surface area contributed by atoms with Gasteiger partial charge in [-0.05, 0) is 49.5 Å². The third-order valence-electron chi connectivity index (χ3n) is 5.21. The lowest BCUT2D eigenvalue weighted by Gasteiger charge is -2.32. The van der Waals surface area contributed by atoms with Crippen molar-refractivity contribution in [3.8, 4) is 0 Å². The Morgan fingerprint density at radius 2 is 2.14 bits per heavy atom. The number of hydrogen-bond acceptors (Lipinski definition) is 7. The second-order valence-electron chi connectivity index (χ2n) is 7.16. The maximum absolute atomic E-state index is 13.1. The molecule has 29 heavy (non-hydrogen) atoms. The van der Waals surface area contributed by atoms with Gasteiger partial charge in [0.2, 0.25) is 11.9 Å². The number of carbonyl (C=O) groups is 1. The first-order valence-corrected chi connectivity index (χ1v) is 11.3. The average molecular weight is 412 g/mol. The van der Waals surface area contributed by atoms with E-state index in [2.05, 4.69) is 36.6 Å². The molecule has 0 saturated carbocycles. The lowest BCUT2D eigenvalue weighted by Crippen LogP contribution is -2.44. The van der Waals surface area contributed by atoms with Crippen LogP contribution in [0.2, 0.25) is 0 Å². The number of piperidine rings is 1. The number of aromatic nitrogens is 5. The van der Waals surface area contributed by atoms with Crippen LogP contribution < -0.4 is 10.2 Å². The molecule has 1 aliphatic heterocycles. The number of hydrogen-bond donors (Lipinski definition) is 1. The van der Waals surface area contributed by atoms with E-state index in [1.54, 1.807) is 30.2 Å². The minimum absolute atomic E-state index is 0.0596. The van der Waals surface area contributed by atoms with Crippen LogP contribution >= 0.6 is 11.8 Å². The van der Waals surface area contributed by atoms with E-state index in [0.717, 1.165) is 43.0 Å². The molecule has 8 nitrogen and oxygen atoms in total. The van der Waals surface area contributed by atoms with Crippen molar-refractivity contribution in [2.45, 2.75) is 25.3 Å². The summed E-state index contributed by atoms with van der Waals surface area (Å²) in [5.74, 6) is 2.36. The number of thioether (sulfide) groups is 1. The van der Waals surface area contributed by atoms with E-state index >= 15 is 0 Å². The molecule has 1 aliphatic rings. The fourth-order valence-corrected chi connectivity index (χ4v) is 4.19. The predicted octanol–water partition coefficient (Wildman–Crippen LogP) is 2.35. The number of pyridine rings is 1. The molecule has 152 valence electrons. The van der Waals surface area contributed by atoms with Crippen molar-refractivity contribution in [3.63, 3.8) is 0 Å². The lowest BCUT2D eigenvalue weighted by atomic mass is 9.96. The van der Waals surface area contributed by atoms with Gasteiger partial charge in [-0.15, -0.1) is 10.2 Å². The summed E-state index contributed by atoms with van der Waals surface area (Å²) in [4.78, 5) is 23.9. The van der Waals surface area contributed by atoms with Crippen LogP contribution in [-0.4, -0.2) is 55.6 Å². The highest BCUT2D eigenvalue weighted by Crippen LogP contribution is 2.23. The minimum atomic E-state index is -0.171. The Balaban J connectivity index is 1.49. The van der Waals surface area contributed by atoms with Gasteiger partial charge in [-0.25, -0.2) is 9.97 Å². The normalized spacial score (nSPS) is 18.0. The summed E-state index contributed by atoms with van der Waals surface area (Å²) in [6.45, 7) is 1.50. The second-order valence-corrected chi connectivity index (χ2v) is 8.15. The molecule has 0 aliphatic carbocycles. The summed E-state index contributed by atoms with van der Waals surface area (Å²) in [5.41, 5.74) is 0.788. The van der Waals surface area contributed by atoms with Gasteiger partial charge >= 0.3 is 0 Å². The SMILES string of the molecule is CSCC[C@H](NC(=O)[C@@H]1CCCN(c2ncccn2)C1)c1nnc2ccccn12. The topological polar surface area (TPSA) is 88.3 Å². The quantitative estimate of drug-likeness (QED) is 0.638. The molecule has 0 spiro atoms. The van der Waals surface area contributed by atoms with Crippen LogP contribution in [0, 0.1) is 5.92 Å². The summed E-state index contributed by atoms with van der Waals surface area (Å²) >= 11 is 1.76.